The van der Waals surface area contributed by atoms with Crippen molar-refractivity contribution < 1.29 is 14.6 Å². The summed E-state index contributed by atoms with van der Waals surface area (Å²) in [5.41, 5.74) is 5.44. The van der Waals surface area contributed by atoms with Crippen LogP contribution in [0.2, 0.25) is 0 Å². The molecule has 0 fully saturated rings. The van der Waals surface area contributed by atoms with Crippen LogP contribution >= 0.6 is 0 Å². The summed E-state index contributed by atoms with van der Waals surface area (Å²) in [7, 11) is 1.62. The molecule has 2 aromatic heterocycles. The Morgan fingerprint density at radius 1 is 1.32 bits per heavy atom. The lowest BCUT2D eigenvalue weighted by Gasteiger charge is -2.18. The molecule has 0 radical (unpaired) electrons. The smallest absolute Gasteiger partial charge is 0.269 e. The molecule has 2 unspecified atom stereocenters. The highest BCUT2D eigenvalue weighted by Gasteiger charge is 2.35. The predicted octanol–water partition coefficient (Wildman–Crippen LogP) is 3.31. The number of aryl methyl sites for hydroxylation is 2. The maximum Gasteiger partial charge on any atom is 0.269 e. The van der Waals surface area contributed by atoms with E-state index in [4.69, 9.17) is 10.00 Å². The summed E-state index contributed by atoms with van der Waals surface area (Å²) in [5, 5.41) is 27.2. The maximum atomic E-state index is 12.3. The van der Waals surface area contributed by atoms with Crippen LogP contribution in [0.3, 0.4) is 0 Å². The average molecular weight is 458 g/mol. The zero-order valence-electron chi connectivity index (χ0n) is 19.4. The number of hydrogen-bond donors (Lipinski definition) is 2. The molecule has 4 rings (SSSR count). The Balaban J connectivity index is 1.55. The number of methoxy groups -OCH3 is 1. The number of aliphatic hydroxyl groups excluding tert-OH is 1. The molecule has 34 heavy (non-hydrogen) atoms. The van der Waals surface area contributed by atoms with Gasteiger partial charge in [-0.2, -0.15) is 10.4 Å². The highest BCUT2D eigenvalue weighted by molar-refractivity contribution is 5.92. The number of benzene rings is 1. The first-order chi connectivity index (χ1) is 16.4. The van der Waals surface area contributed by atoms with Crippen molar-refractivity contribution in [2.45, 2.75) is 32.8 Å². The van der Waals surface area contributed by atoms with Crippen LogP contribution in [0.5, 0.6) is 0 Å². The van der Waals surface area contributed by atoms with E-state index in [0.717, 1.165) is 33.7 Å². The normalized spacial score (nSPS) is 17.5. The van der Waals surface area contributed by atoms with Crippen LogP contribution in [0.4, 0.5) is 0 Å². The number of amides is 1. The van der Waals surface area contributed by atoms with Crippen LogP contribution in [0.15, 0.2) is 54.7 Å². The van der Waals surface area contributed by atoms with E-state index in [0.29, 0.717) is 30.6 Å². The Hall–Kier alpha value is -3.96. The number of nitrogens with one attached hydrogen (secondary N) is 1. The minimum absolute atomic E-state index is 0.0122. The third-order valence-corrected chi connectivity index (χ3v) is 6.14. The minimum Gasteiger partial charge on any atom is -0.500 e. The molecule has 8 heteroatoms. The third-order valence-electron chi connectivity index (χ3n) is 6.14. The van der Waals surface area contributed by atoms with Gasteiger partial charge in [-0.15, -0.1) is 0 Å². The summed E-state index contributed by atoms with van der Waals surface area (Å²) in [6, 6.07) is 11.3. The van der Waals surface area contributed by atoms with Crippen LogP contribution in [0.25, 0.3) is 11.3 Å². The van der Waals surface area contributed by atoms with Crippen molar-refractivity contribution in [1.29, 1.82) is 5.26 Å². The Bertz CT molecular complexity index is 1250. The molecule has 0 saturated heterocycles. The van der Waals surface area contributed by atoms with Gasteiger partial charge in [0.2, 0.25) is 0 Å². The van der Waals surface area contributed by atoms with Gasteiger partial charge in [0.25, 0.3) is 5.91 Å². The zero-order valence-corrected chi connectivity index (χ0v) is 19.4. The van der Waals surface area contributed by atoms with Crippen LogP contribution in [-0.4, -0.2) is 45.5 Å². The number of rotatable bonds is 7. The van der Waals surface area contributed by atoms with Crippen LogP contribution in [-0.2, 0) is 4.74 Å². The summed E-state index contributed by atoms with van der Waals surface area (Å²) >= 11 is 0. The number of aromatic nitrogens is 3. The van der Waals surface area contributed by atoms with E-state index >= 15 is 0 Å². The number of pyridine rings is 1. The molecular formula is C26H27N5O3. The van der Waals surface area contributed by atoms with Gasteiger partial charge in [-0.3, -0.25) is 9.78 Å². The molecule has 174 valence electrons. The van der Waals surface area contributed by atoms with Gasteiger partial charge >= 0.3 is 0 Å². The first kappa shape index (κ1) is 23.2. The number of ether oxygens (including phenoxy) is 1. The molecule has 1 aliphatic rings. The molecule has 1 aliphatic carbocycles. The first-order valence-electron chi connectivity index (χ1n) is 11.1. The van der Waals surface area contributed by atoms with E-state index in [1.54, 1.807) is 42.4 Å². The molecule has 0 spiro atoms. The summed E-state index contributed by atoms with van der Waals surface area (Å²) in [6.45, 7) is 4.44. The van der Waals surface area contributed by atoms with Crippen molar-refractivity contribution in [3.05, 3.63) is 82.6 Å². The molecule has 1 aromatic carbocycles. The number of nitriles is 1. The lowest BCUT2D eigenvalue weighted by atomic mass is 9.93. The standard InChI is InChI=1S/C26H27N5O3/c1-16-10-20(31-15-18(13-27)14-30-31)11-17(2)23(16)24-22(32)12-19(25(24)34-3)7-9-29-26(33)21-6-4-5-8-28-21/h4-6,8,10-11,14-15,19,22,32H,7,9,12H2,1-3H3,(H,29,33). The van der Waals surface area contributed by atoms with Crippen molar-refractivity contribution in [3.63, 3.8) is 0 Å². The van der Waals surface area contributed by atoms with E-state index in [1.807, 2.05) is 26.0 Å². The van der Waals surface area contributed by atoms with E-state index in [-0.39, 0.29) is 11.8 Å². The van der Waals surface area contributed by atoms with Crippen LogP contribution in [0, 0.1) is 31.1 Å². The molecule has 2 atom stereocenters. The second-order valence-electron chi connectivity index (χ2n) is 8.43. The summed E-state index contributed by atoms with van der Waals surface area (Å²) in [5.74, 6) is 0.522. The molecule has 1 amide bonds. The average Bonchev–Trinajstić information content (AvgIpc) is 3.44. The highest BCUT2D eigenvalue weighted by Crippen LogP contribution is 2.42. The summed E-state index contributed by atoms with van der Waals surface area (Å²) in [4.78, 5) is 16.4. The van der Waals surface area contributed by atoms with Crippen molar-refractivity contribution in [2.75, 3.05) is 13.7 Å². The number of carbonyl (C=O) groups is 1. The van der Waals surface area contributed by atoms with Gasteiger partial charge in [0, 0.05) is 30.4 Å². The van der Waals surface area contributed by atoms with Crippen molar-refractivity contribution in [1.82, 2.24) is 20.1 Å². The maximum absolute atomic E-state index is 12.3. The highest BCUT2D eigenvalue weighted by atomic mass is 16.5. The van der Waals surface area contributed by atoms with E-state index in [2.05, 4.69) is 21.5 Å². The Morgan fingerprint density at radius 2 is 2.09 bits per heavy atom. The quantitative estimate of drug-likeness (QED) is 0.563. The summed E-state index contributed by atoms with van der Waals surface area (Å²) < 4.78 is 7.46. The fourth-order valence-corrected chi connectivity index (χ4v) is 4.66. The van der Waals surface area contributed by atoms with Crippen LogP contribution < -0.4 is 5.32 Å². The van der Waals surface area contributed by atoms with Gasteiger partial charge in [-0.1, -0.05) is 6.07 Å². The van der Waals surface area contributed by atoms with Crippen molar-refractivity contribution >= 4 is 11.5 Å². The fourth-order valence-electron chi connectivity index (χ4n) is 4.66. The van der Waals surface area contributed by atoms with E-state index < -0.39 is 6.10 Å². The molecule has 0 aliphatic heterocycles. The lowest BCUT2D eigenvalue weighted by molar-refractivity contribution is 0.0945. The molecule has 0 bridgehead atoms. The number of hydrogen-bond acceptors (Lipinski definition) is 6. The number of carbonyl (C=O) groups excluding carboxylic acids is 1. The number of allylic oxidation sites excluding steroid dienone is 1. The number of nitrogens with zero attached hydrogens (tertiary/aromatic N) is 4. The van der Waals surface area contributed by atoms with E-state index in [1.165, 1.54) is 6.20 Å². The first-order valence-corrected chi connectivity index (χ1v) is 11.1. The van der Waals surface area contributed by atoms with Gasteiger partial charge in [-0.05, 0) is 67.6 Å². The monoisotopic (exact) mass is 457 g/mol. The summed E-state index contributed by atoms with van der Waals surface area (Å²) in [6.07, 6.45) is 5.32. The predicted molar refractivity (Wildman–Crippen MR) is 127 cm³/mol. The zero-order chi connectivity index (χ0) is 24.2. The number of aliphatic hydroxyl groups is 1. The van der Waals surface area contributed by atoms with Gasteiger partial charge < -0.3 is 15.2 Å². The Kier molecular flexibility index (Phi) is 6.75. The molecule has 8 nitrogen and oxygen atoms in total. The Labute approximate surface area is 198 Å². The molecule has 2 N–H and O–H groups in total. The van der Waals surface area contributed by atoms with Gasteiger partial charge in [-0.25, -0.2) is 4.68 Å². The molecular weight excluding hydrogens is 430 g/mol. The van der Waals surface area contributed by atoms with Gasteiger partial charge in [0.05, 0.1) is 30.7 Å². The second kappa shape index (κ2) is 9.89. The third kappa shape index (κ3) is 4.56. The topological polar surface area (TPSA) is 113 Å². The second-order valence-corrected chi connectivity index (χ2v) is 8.43. The Morgan fingerprint density at radius 3 is 2.71 bits per heavy atom. The molecule has 0 saturated carbocycles. The molecule has 3 aromatic rings. The molecule has 2 heterocycles. The van der Waals surface area contributed by atoms with E-state index in [9.17, 15) is 9.90 Å². The largest absolute Gasteiger partial charge is 0.500 e. The van der Waals surface area contributed by atoms with Crippen molar-refractivity contribution in [3.8, 4) is 11.8 Å². The van der Waals surface area contributed by atoms with Gasteiger partial charge in [0.1, 0.15) is 17.5 Å². The SMILES string of the molecule is COC1=C(c2c(C)cc(-n3cc(C#N)cn3)cc2C)C(O)CC1CCNC(=O)c1ccccn1. The van der Waals surface area contributed by atoms with Crippen molar-refractivity contribution in [2.24, 2.45) is 5.92 Å². The lowest BCUT2D eigenvalue weighted by Crippen LogP contribution is -2.27. The minimum atomic E-state index is -0.662. The van der Waals surface area contributed by atoms with Gasteiger partial charge in [0.15, 0.2) is 0 Å². The van der Waals surface area contributed by atoms with Crippen LogP contribution in [0.1, 0.15) is 45.6 Å². The fraction of sp³-hybridized carbons (Fsp3) is 0.308.